The minimum absolute atomic E-state index is 0.00313. The molecule has 0 bridgehead atoms. The van der Waals surface area contributed by atoms with Crippen molar-refractivity contribution >= 4 is 58.2 Å². The van der Waals surface area contributed by atoms with E-state index in [0.717, 1.165) is 0 Å². The second-order valence-electron chi connectivity index (χ2n) is 3.90. The zero-order valence-corrected chi connectivity index (χ0v) is 12.7. The van der Waals surface area contributed by atoms with Crippen molar-refractivity contribution < 1.29 is 14.3 Å². The van der Waals surface area contributed by atoms with E-state index in [1.165, 1.54) is 0 Å². The Bertz CT molecular complexity index is 437. The first-order valence-electron chi connectivity index (χ1n) is 5.07. The summed E-state index contributed by atoms with van der Waals surface area (Å²) < 4.78 is 4.83. The Kier molecular flexibility index (Phi) is 5.13. The van der Waals surface area contributed by atoms with Crippen molar-refractivity contribution in [1.82, 2.24) is 0 Å². The number of hydrogen-bond donors (Lipinski definition) is 0. The van der Waals surface area contributed by atoms with Gasteiger partial charge in [-0.2, -0.15) is 0 Å². The molecule has 1 aliphatic carbocycles. The zero-order chi connectivity index (χ0) is 14.1. The van der Waals surface area contributed by atoms with E-state index in [1.807, 2.05) is 0 Å². The van der Waals surface area contributed by atoms with Gasteiger partial charge in [0.1, 0.15) is 10.1 Å². The number of halogens is 4. The number of ether oxygens (including phenoxy) is 1. The third-order valence-electron chi connectivity index (χ3n) is 2.56. The maximum Gasteiger partial charge on any atom is 0.307 e. The molecule has 0 unspecified atom stereocenters. The highest BCUT2D eigenvalue weighted by atomic mass is 35.5. The third-order valence-corrected chi connectivity index (χ3v) is 4.68. The number of esters is 1. The average Bonchev–Trinajstić information content (AvgIpc) is 2.32. The summed E-state index contributed by atoms with van der Waals surface area (Å²) in [7, 11) is 0. The lowest BCUT2D eigenvalue weighted by Gasteiger charge is -2.32. The summed E-state index contributed by atoms with van der Waals surface area (Å²) in [6.45, 7) is 3.49. The maximum absolute atomic E-state index is 11.6. The largest absolute Gasteiger partial charge is 0.466 e. The van der Waals surface area contributed by atoms with Crippen LogP contribution in [0.2, 0.25) is 0 Å². The standard InChI is InChI=1S/C11H10Cl4O3/c1-3-18-5(16)4-11(2)9(14)6(12)8(17)7(13)10(11)15/h3-4H2,1-2H3. The summed E-state index contributed by atoms with van der Waals surface area (Å²) in [6.07, 6.45) is -0.141. The van der Waals surface area contributed by atoms with E-state index < -0.39 is 17.2 Å². The molecule has 0 fully saturated rings. The molecule has 0 saturated carbocycles. The molecule has 3 nitrogen and oxygen atoms in total. The first-order chi connectivity index (χ1) is 8.25. The number of hydrogen-bond acceptors (Lipinski definition) is 3. The van der Waals surface area contributed by atoms with E-state index in [-0.39, 0.29) is 33.2 Å². The summed E-state index contributed by atoms with van der Waals surface area (Å²) in [6, 6.07) is 0. The molecular weight excluding hydrogens is 322 g/mol. The van der Waals surface area contributed by atoms with Crippen molar-refractivity contribution in [3.63, 3.8) is 0 Å². The van der Waals surface area contributed by atoms with Crippen molar-refractivity contribution in [2.75, 3.05) is 6.61 Å². The third kappa shape index (κ3) is 2.69. The molecule has 100 valence electrons. The molecule has 1 rings (SSSR count). The molecular formula is C11H10Cl4O3. The summed E-state index contributed by atoms with van der Waals surface area (Å²) in [5.41, 5.74) is -1.13. The van der Waals surface area contributed by atoms with Crippen molar-refractivity contribution in [2.45, 2.75) is 20.3 Å². The Balaban J connectivity index is 3.19. The van der Waals surface area contributed by atoms with Gasteiger partial charge in [-0.1, -0.05) is 46.4 Å². The highest BCUT2D eigenvalue weighted by Gasteiger charge is 2.44. The molecule has 0 amide bonds. The van der Waals surface area contributed by atoms with Gasteiger partial charge >= 0.3 is 5.97 Å². The lowest BCUT2D eigenvalue weighted by Crippen LogP contribution is -2.29. The number of allylic oxidation sites excluding steroid dienone is 4. The van der Waals surface area contributed by atoms with Gasteiger partial charge in [-0.15, -0.1) is 0 Å². The minimum Gasteiger partial charge on any atom is -0.466 e. The van der Waals surface area contributed by atoms with Crippen LogP contribution in [-0.2, 0) is 14.3 Å². The number of Topliss-reactive ketones (excluding diaryl/α,β-unsaturated/α-hetero) is 1. The molecule has 7 heteroatoms. The van der Waals surface area contributed by atoms with Crippen molar-refractivity contribution in [1.29, 1.82) is 0 Å². The van der Waals surface area contributed by atoms with E-state index in [0.29, 0.717) is 0 Å². The highest BCUT2D eigenvalue weighted by Crippen LogP contribution is 2.51. The Morgan fingerprint density at radius 1 is 1.17 bits per heavy atom. The predicted octanol–water partition coefficient (Wildman–Crippen LogP) is 3.91. The Labute approximate surface area is 125 Å². The van der Waals surface area contributed by atoms with Gasteiger partial charge in [-0.3, -0.25) is 9.59 Å². The quantitative estimate of drug-likeness (QED) is 0.736. The molecule has 0 heterocycles. The lowest BCUT2D eigenvalue weighted by atomic mass is 9.82. The van der Waals surface area contributed by atoms with Gasteiger partial charge in [-0.05, 0) is 13.8 Å². The highest BCUT2D eigenvalue weighted by molar-refractivity contribution is 6.60. The summed E-state index contributed by atoms with van der Waals surface area (Å²) in [5, 5.41) is -0.455. The van der Waals surface area contributed by atoms with E-state index in [1.54, 1.807) is 13.8 Å². The monoisotopic (exact) mass is 330 g/mol. The molecule has 18 heavy (non-hydrogen) atoms. The zero-order valence-electron chi connectivity index (χ0n) is 9.65. The van der Waals surface area contributed by atoms with Crippen molar-refractivity contribution in [3.8, 4) is 0 Å². The van der Waals surface area contributed by atoms with Gasteiger partial charge in [-0.25, -0.2) is 0 Å². The molecule has 0 aliphatic heterocycles. The number of carbonyl (C=O) groups is 2. The number of carbonyl (C=O) groups excluding carboxylic acids is 2. The van der Waals surface area contributed by atoms with Gasteiger partial charge in [0.25, 0.3) is 0 Å². The van der Waals surface area contributed by atoms with Crippen molar-refractivity contribution in [2.24, 2.45) is 5.41 Å². The summed E-state index contributed by atoms with van der Waals surface area (Å²) in [5.74, 6) is -1.14. The fourth-order valence-electron chi connectivity index (χ4n) is 1.53. The van der Waals surface area contributed by atoms with Crippen LogP contribution in [0.25, 0.3) is 0 Å². The second-order valence-corrected chi connectivity index (χ2v) is 5.41. The van der Waals surface area contributed by atoms with Gasteiger partial charge in [0.05, 0.1) is 28.5 Å². The van der Waals surface area contributed by atoms with Crippen LogP contribution in [-0.4, -0.2) is 18.4 Å². The average molecular weight is 332 g/mol. The first-order valence-corrected chi connectivity index (χ1v) is 6.58. The minimum atomic E-state index is -1.13. The molecule has 1 aliphatic rings. The Morgan fingerprint density at radius 2 is 1.61 bits per heavy atom. The molecule has 0 saturated heterocycles. The van der Waals surface area contributed by atoms with E-state index >= 15 is 0 Å². The molecule has 0 N–H and O–H groups in total. The van der Waals surface area contributed by atoms with Crippen LogP contribution in [0, 0.1) is 5.41 Å². The fraction of sp³-hybridized carbons (Fsp3) is 0.455. The molecule has 0 aromatic rings. The number of ketones is 1. The molecule has 0 aromatic heterocycles. The van der Waals surface area contributed by atoms with Crippen LogP contribution in [0.4, 0.5) is 0 Å². The van der Waals surface area contributed by atoms with E-state index in [2.05, 4.69) is 0 Å². The van der Waals surface area contributed by atoms with Gasteiger partial charge < -0.3 is 4.74 Å². The molecule has 0 spiro atoms. The summed E-state index contributed by atoms with van der Waals surface area (Å²) in [4.78, 5) is 23.1. The Morgan fingerprint density at radius 3 is 2.00 bits per heavy atom. The topological polar surface area (TPSA) is 43.4 Å². The second kappa shape index (κ2) is 5.83. The Hall–Kier alpha value is -0.220. The smallest absolute Gasteiger partial charge is 0.307 e. The lowest BCUT2D eigenvalue weighted by molar-refractivity contribution is -0.144. The fourth-order valence-corrected chi connectivity index (χ4v) is 2.73. The first kappa shape index (κ1) is 15.8. The normalized spacial score (nSPS) is 19.3. The van der Waals surface area contributed by atoms with Crippen LogP contribution in [0.5, 0.6) is 0 Å². The van der Waals surface area contributed by atoms with E-state index in [9.17, 15) is 9.59 Å². The maximum atomic E-state index is 11.6. The molecule has 0 radical (unpaired) electrons. The van der Waals surface area contributed by atoms with Gasteiger partial charge in [0.2, 0.25) is 5.78 Å². The van der Waals surface area contributed by atoms with Crippen LogP contribution in [0.3, 0.4) is 0 Å². The summed E-state index contributed by atoms with van der Waals surface area (Å²) >= 11 is 23.6. The van der Waals surface area contributed by atoms with Gasteiger partial charge in [0, 0.05) is 0 Å². The van der Waals surface area contributed by atoms with Crippen LogP contribution in [0.1, 0.15) is 20.3 Å². The molecule has 0 aromatic carbocycles. The molecule has 0 atom stereocenters. The predicted molar refractivity (Wildman–Crippen MR) is 71.8 cm³/mol. The van der Waals surface area contributed by atoms with Crippen LogP contribution in [0.15, 0.2) is 20.1 Å². The van der Waals surface area contributed by atoms with Crippen LogP contribution < -0.4 is 0 Å². The SMILES string of the molecule is CCOC(=O)CC1(C)C(Cl)=C(Cl)C(=O)C(Cl)=C1Cl. The van der Waals surface area contributed by atoms with Crippen LogP contribution >= 0.6 is 46.4 Å². The number of rotatable bonds is 3. The van der Waals surface area contributed by atoms with Gasteiger partial charge in [0.15, 0.2) is 0 Å². The van der Waals surface area contributed by atoms with E-state index in [4.69, 9.17) is 51.1 Å². The van der Waals surface area contributed by atoms with Crippen molar-refractivity contribution in [3.05, 3.63) is 20.1 Å².